The molecular weight excluding hydrogens is 238 g/mol. The summed E-state index contributed by atoms with van der Waals surface area (Å²) >= 11 is 0. The number of rotatable bonds is 3. The van der Waals surface area contributed by atoms with Crippen molar-refractivity contribution in [2.45, 2.75) is 25.9 Å². The van der Waals surface area contributed by atoms with Gasteiger partial charge in [0.05, 0.1) is 7.11 Å². The minimum Gasteiger partial charge on any atom is -0.496 e. The highest BCUT2D eigenvalue weighted by Gasteiger charge is 2.27. The Labute approximate surface area is 115 Å². The number of benzene rings is 1. The van der Waals surface area contributed by atoms with Crippen molar-refractivity contribution >= 4 is 0 Å². The van der Waals surface area contributed by atoms with Crippen LogP contribution >= 0.6 is 0 Å². The summed E-state index contributed by atoms with van der Waals surface area (Å²) < 4.78 is 5.36. The van der Waals surface area contributed by atoms with Gasteiger partial charge in [-0.1, -0.05) is 6.07 Å². The van der Waals surface area contributed by atoms with E-state index in [4.69, 9.17) is 10.5 Å². The number of nitrogens with one attached hydrogen (secondary N) is 1. The van der Waals surface area contributed by atoms with E-state index in [-0.39, 0.29) is 6.04 Å². The van der Waals surface area contributed by atoms with E-state index in [2.05, 4.69) is 43.2 Å². The van der Waals surface area contributed by atoms with E-state index in [0.29, 0.717) is 6.04 Å². The molecule has 1 aliphatic heterocycles. The van der Waals surface area contributed by atoms with Gasteiger partial charge in [-0.15, -0.1) is 0 Å². The first kappa shape index (κ1) is 14.3. The number of piperazine rings is 1. The Morgan fingerprint density at radius 1 is 1.37 bits per heavy atom. The number of ether oxygens (including phenoxy) is 1. The highest BCUT2D eigenvalue weighted by molar-refractivity contribution is 5.43. The lowest BCUT2D eigenvalue weighted by Crippen LogP contribution is -2.53. The molecule has 4 heteroatoms. The standard InChI is InChI=1S/C15H25N3O/c1-10-8-14(19-4)11(2)7-12(10)15(16)13-9-17-5-6-18(13)3/h7-8,13,15,17H,5-6,9,16H2,1-4H3. The van der Waals surface area contributed by atoms with Gasteiger partial charge in [0, 0.05) is 31.7 Å². The second-order valence-corrected chi connectivity index (χ2v) is 5.46. The molecule has 1 aromatic rings. The first-order valence-electron chi connectivity index (χ1n) is 6.86. The Balaban J connectivity index is 2.27. The fraction of sp³-hybridized carbons (Fsp3) is 0.600. The van der Waals surface area contributed by atoms with E-state index in [1.54, 1.807) is 7.11 Å². The summed E-state index contributed by atoms with van der Waals surface area (Å²) in [4.78, 5) is 2.35. The van der Waals surface area contributed by atoms with Gasteiger partial charge >= 0.3 is 0 Å². The molecule has 1 aliphatic rings. The normalized spacial score (nSPS) is 22.3. The number of likely N-dealkylation sites (N-methyl/N-ethyl adjacent to an activating group) is 1. The molecule has 0 aliphatic carbocycles. The van der Waals surface area contributed by atoms with Crippen molar-refractivity contribution < 1.29 is 4.74 Å². The Bertz CT molecular complexity index is 447. The third-order valence-corrected chi connectivity index (χ3v) is 4.12. The summed E-state index contributed by atoms with van der Waals surface area (Å²) in [6.07, 6.45) is 0. The predicted molar refractivity (Wildman–Crippen MR) is 78.7 cm³/mol. The number of nitrogens with zero attached hydrogens (tertiary/aromatic N) is 1. The fourth-order valence-corrected chi connectivity index (χ4v) is 2.83. The Hall–Kier alpha value is -1.10. The molecule has 0 bridgehead atoms. The van der Waals surface area contributed by atoms with E-state index >= 15 is 0 Å². The molecule has 1 aromatic carbocycles. The summed E-state index contributed by atoms with van der Waals surface area (Å²) in [6, 6.07) is 4.63. The Morgan fingerprint density at radius 2 is 2.11 bits per heavy atom. The van der Waals surface area contributed by atoms with Gasteiger partial charge < -0.3 is 15.8 Å². The Morgan fingerprint density at radius 3 is 2.74 bits per heavy atom. The van der Waals surface area contributed by atoms with Gasteiger partial charge in [0.2, 0.25) is 0 Å². The van der Waals surface area contributed by atoms with Crippen molar-refractivity contribution in [3.05, 3.63) is 28.8 Å². The molecule has 1 saturated heterocycles. The van der Waals surface area contributed by atoms with Crippen LogP contribution in [0.4, 0.5) is 0 Å². The van der Waals surface area contributed by atoms with Crippen LogP contribution in [0, 0.1) is 13.8 Å². The van der Waals surface area contributed by atoms with Crippen LogP contribution in [0.25, 0.3) is 0 Å². The highest BCUT2D eigenvalue weighted by atomic mass is 16.5. The Kier molecular flexibility index (Phi) is 4.45. The topological polar surface area (TPSA) is 50.5 Å². The number of hydrogen-bond acceptors (Lipinski definition) is 4. The largest absolute Gasteiger partial charge is 0.496 e. The van der Waals surface area contributed by atoms with Gasteiger partial charge in [-0.2, -0.15) is 0 Å². The van der Waals surface area contributed by atoms with Gasteiger partial charge in [-0.3, -0.25) is 4.90 Å². The molecule has 0 amide bonds. The van der Waals surface area contributed by atoms with Crippen molar-refractivity contribution in [3.8, 4) is 5.75 Å². The van der Waals surface area contributed by atoms with Crippen LogP contribution in [0.15, 0.2) is 12.1 Å². The lowest BCUT2D eigenvalue weighted by molar-refractivity contribution is 0.174. The third kappa shape index (κ3) is 2.91. The van der Waals surface area contributed by atoms with Gasteiger partial charge in [0.1, 0.15) is 5.75 Å². The molecule has 19 heavy (non-hydrogen) atoms. The molecular formula is C15H25N3O. The zero-order valence-electron chi connectivity index (χ0n) is 12.4. The van der Waals surface area contributed by atoms with Crippen molar-refractivity contribution in [2.24, 2.45) is 5.73 Å². The van der Waals surface area contributed by atoms with E-state index in [9.17, 15) is 0 Å². The number of nitrogens with two attached hydrogens (primary N) is 1. The molecule has 0 radical (unpaired) electrons. The maximum atomic E-state index is 6.50. The minimum atomic E-state index is 0.0300. The highest BCUT2D eigenvalue weighted by Crippen LogP contribution is 2.28. The average Bonchev–Trinajstić information content (AvgIpc) is 2.40. The molecule has 1 heterocycles. The molecule has 2 rings (SSSR count). The van der Waals surface area contributed by atoms with Crippen molar-refractivity contribution in [2.75, 3.05) is 33.8 Å². The summed E-state index contributed by atoms with van der Waals surface area (Å²) in [5.41, 5.74) is 10.1. The third-order valence-electron chi connectivity index (χ3n) is 4.12. The fourth-order valence-electron chi connectivity index (χ4n) is 2.83. The second kappa shape index (κ2) is 5.90. The van der Waals surface area contributed by atoms with Crippen LogP contribution in [-0.2, 0) is 0 Å². The molecule has 2 atom stereocenters. The first-order chi connectivity index (χ1) is 9.04. The van der Waals surface area contributed by atoms with Crippen molar-refractivity contribution in [3.63, 3.8) is 0 Å². The number of methoxy groups -OCH3 is 1. The van der Waals surface area contributed by atoms with Crippen molar-refractivity contribution in [1.29, 1.82) is 0 Å². The quantitative estimate of drug-likeness (QED) is 0.861. The van der Waals surface area contributed by atoms with Gasteiger partial charge in [0.15, 0.2) is 0 Å². The van der Waals surface area contributed by atoms with E-state index in [1.807, 2.05) is 0 Å². The van der Waals surface area contributed by atoms with Gasteiger partial charge in [-0.25, -0.2) is 0 Å². The minimum absolute atomic E-state index is 0.0300. The van der Waals surface area contributed by atoms with E-state index < -0.39 is 0 Å². The summed E-state index contributed by atoms with van der Waals surface area (Å²) in [5, 5.41) is 3.43. The number of hydrogen-bond donors (Lipinski definition) is 2. The number of aryl methyl sites for hydroxylation is 2. The SMILES string of the molecule is COc1cc(C)c(C(N)C2CNCCN2C)cc1C. The molecule has 0 saturated carbocycles. The van der Waals surface area contributed by atoms with Crippen LogP contribution in [0.5, 0.6) is 5.75 Å². The molecule has 106 valence electrons. The molecule has 1 fully saturated rings. The summed E-state index contributed by atoms with van der Waals surface area (Å²) in [5.74, 6) is 0.934. The van der Waals surface area contributed by atoms with Crippen LogP contribution in [0.2, 0.25) is 0 Å². The van der Waals surface area contributed by atoms with Crippen LogP contribution < -0.4 is 15.8 Å². The molecule has 0 spiro atoms. The predicted octanol–water partition coefficient (Wildman–Crippen LogP) is 1.22. The molecule has 3 N–H and O–H groups in total. The van der Waals surface area contributed by atoms with Crippen LogP contribution in [0.1, 0.15) is 22.7 Å². The van der Waals surface area contributed by atoms with Crippen LogP contribution in [0.3, 0.4) is 0 Å². The zero-order valence-corrected chi connectivity index (χ0v) is 12.4. The smallest absolute Gasteiger partial charge is 0.122 e. The lowest BCUT2D eigenvalue weighted by Gasteiger charge is -2.37. The second-order valence-electron chi connectivity index (χ2n) is 5.46. The van der Waals surface area contributed by atoms with E-state index in [1.165, 1.54) is 11.1 Å². The molecule has 4 nitrogen and oxygen atoms in total. The van der Waals surface area contributed by atoms with Crippen LogP contribution in [-0.4, -0.2) is 44.7 Å². The average molecular weight is 263 g/mol. The van der Waals surface area contributed by atoms with Crippen molar-refractivity contribution in [1.82, 2.24) is 10.2 Å². The van der Waals surface area contributed by atoms with Gasteiger partial charge in [-0.05, 0) is 43.7 Å². The first-order valence-corrected chi connectivity index (χ1v) is 6.86. The molecule has 2 unspecified atom stereocenters. The molecule has 0 aromatic heterocycles. The lowest BCUT2D eigenvalue weighted by atomic mass is 9.92. The summed E-state index contributed by atoms with van der Waals surface area (Å²) in [6.45, 7) is 7.21. The van der Waals surface area contributed by atoms with E-state index in [0.717, 1.165) is 30.9 Å². The summed E-state index contributed by atoms with van der Waals surface area (Å²) in [7, 11) is 3.86. The maximum Gasteiger partial charge on any atom is 0.122 e. The maximum absolute atomic E-state index is 6.50. The zero-order chi connectivity index (χ0) is 14.0. The monoisotopic (exact) mass is 263 g/mol. The van der Waals surface area contributed by atoms with Gasteiger partial charge in [0.25, 0.3) is 0 Å².